The van der Waals surface area contributed by atoms with E-state index in [1.165, 1.54) is 4.68 Å². The first-order chi connectivity index (χ1) is 15.7. The van der Waals surface area contributed by atoms with Gasteiger partial charge in [0.1, 0.15) is 18.1 Å². The number of benzene rings is 1. The van der Waals surface area contributed by atoms with Gasteiger partial charge in [-0.1, -0.05) is 18.2 Å². The molecule has 2 heterocycles. The first-order valence-corrected chi connectivity index (χ1v) is 10.9. The molecule has 176 valence electrons. The summed E-state index contributed by atoms with van der Waals surface area (Å²) in [6.45, 7) is 4.71. The van der Waals surface area contributed by atoms with Gasteiger partial charge >= 0.3 is 6.18 Å². The zero-order valence-electron chi connectivity index (χ0n) is 18.5. The maximum Gasteiger partial charge on any atom is 0.435 e. The summed E-state index contributed by atoms with van der Waals surface area (Å²) in [5.41, 5.74) is 1.79. The average Bonchev–Trinajstić information content (AvgIpc) is 3.31. The number of nitrogens with one attached hydrogen (secondary N) is 1. The minimum atomic E-state index is -4.46. The molecule has 3 aromatic rings. The summed E-state index contributed by atoms with van der Waals surface area (Å²) < 4.78 is 51.8. The largest absolute Gasteiger partial charge is 0.485 e. The first-order valence-electron chi connectivity index (χ1n) is 10.9. The zero-order chi connectivity index (χ0) is 23.6. The lowest BCUT2D eigenvalue weighted by Crippen LogP contribution is -2.25. The summed E-state index contributed by atoms with van der Waals surface area (Å²) in [7, 11) is 0. The quantitative estimate of drug-likeness (QED) is 0.434. The van der Waals surface area contributed by atoms with Crippen LogP contribution in [0.4, 0.5) is 13.2 Å². The maximum atomic E-state index is 13.0. The fraction of sp³-hybridized carbons (Fsp3) is 0.417. The summed E-state index contributed by atoms with van der Waals surface area (Å²) in [5, 5.41) is 6.46. The van der Waals surface area contributed by atoms with Gasteiger partial charge in [0.15, 0.2) is 11.5 Å². The number of carbonyl (C=O) groups is 1. The highest BCUT2D eigenvalue weighted by atomic mass is 19.4. The Morgan fingerprint density at radius 1 is 1.21 bits per heavy atom. The second-order valence-electron chi connectivity index (χ2n) is 8.33. The van der Waals surface area contributed by atoms with Crippen LogP contribution in [0.3, 0.4) is 0 Å². The minimum absolute atomic E-state index is 0.149. The summed E-state index contributed by atoms with van der Waals surface area (Å²) in [6, 6.07) is 10.3. The highest BCUT2D eigenvalue weighted by Crippen LogP contribution is 2.42. The van der Waals surface area contributed by atoms with Gasteiger partial charge < -0.3 is 14.5 Å². The van der Waals surface area contributed by atoms with Crippen molar-refractivity contribution in [1.82, 2.24) is 15.1 Å². The number of aryl methyl sites for hydroxylation is 3. The third kappa shape index (κ3) is 5.58. The Morgan fingerprint density at radius 3 is 2.61 bits per heavy atom. The van der Waals surface area contributed by atoms with E-state index < -0.39 is 11.9 Å². The Hall–Kier alpha value is -3.23. The van der Waals surface area contributed by atoms with E-state index in [4.69, 9.17) is 9.15 Å². The molecule has 0 bridgehead atoms. The van der Waals surface area contributed by atoms with Crippen LogP contribution in [0, 0.1) is 13.8 Å². The molecule has 1 aliphatic carbocycles. The smallest absolute Gasteiger partial charge is 0.435 e. The Balaban J connectivity index is 1.26. The molecule has 0 saturated heterocycles. The van der Waals surface area contributed by atoms with E-state index in [0.29, 0.717) is 31.0 Å². The molecular weight excluding hydrogens is 435 g/mol. The number of ether oxygens (including phenoxy) is 1. The standard InChI is InChI=1S/C24H26F3N3O3/c1-15-5-3-6-16(2)22(15)32-14-18-9-10-20(33-18)23(31)28-11-4-12-30-19(17-7-8-17)13-21(29-30)24(25,26)27/h3,5-6,9-10,13,17H,4,7-8,11-12,14H2,1-2H3,(H,28,31). The molecule has 1 amide bonds. The van der Waals surface area contributed by atoms with Crippen LogP contribution in [0.25, 0.3) is 0 Å². The molecule has 4 rings (SSSR count). The Kier molecular flexibility index (Phi) is 6.49. The topological polar surface area (TPSA) is 69.3 Å². The van der Waals surface area contributed by atoms with E-state index in [-0.39, 0.29) is 24.2 Å². The van der Waals surface area contributed by atoms with Gasteiger partial charge in [0, 0.05) is 24.7 Å². The summed E-state index contributed by atoms with van der Waals surface area (Å²) in [6.07, 6.45) is -2.24. The molecule has 0 radical (unpaired) electrons. The number of halogens is 3. The van der Waals surface area contributed by atoms with Crippen molar-refractivity contribution in [2.75, 3.05) is 6.54 Å². The van der Waals surface area contributed by atoms with Crippen molar-refractivity contribution in [1.29, 1.82) is 0 Å². The van der Waals surface area contributed by atoms with Gasteiger partial charge in [0.05, 0.1) is 0 Å². The Morgan fingerprint density at radius 2 is 1.94 bits per heavy atom. The normalized spacial score (nSPS) is 13.8. The Labute approximate surface area is 189 Å². The van der Waals surface area contributed by atoms with E-state index in [1.807, 2.05) is 32.0 Å². The molecular formula is C24H26F3N3O3. The molecule has 1 aliphatic rings. The van der Waals surface area contributed by atoms with E-state index in [2.05, 4.69) is 10.4 Å². The Bertz CT molecular complexity index is 1110. The van der Waals surface area contributed by atoms with Crippen LogP contribution in [-0.2, 0) is 19.3 Å². The molecule has 1 saturated carbocycles. The van der Waals surface area contributed by atoms with Crippen LogP contribution >= 0.6 is 0 Å². The van der Waals surface area contributed by atoms with Crippen molar-refractivity contribution in [3.8, 4) is 5.75 Å². The zero-order valence-corrected chi connectivity index (χ0v) is 18.5. The van der Waals surface area contributed by atoms with Crippen LogP contribution in [0.5, 0.6) is 5.75 Å². The molecule has 0 unspecified atom stereocenters. The number of alkyl halides is 3. The highest BCUT2D eigenvalue weighted by Gasteiger charge is 2.37. The predicted octanol–water partition coefficient (Wildman–Crippen LogP) is 5.39. The number of amides is 1. The summed E-state index contributed by atoms with van der Waals surface area (Å²) in [4.78, 5) is 12.4. The fourth-order valence-electron chi connectivity index (χ4n) is 3.72. The molecule has 9 heteroatoms. The lowest BCUT2D eigenvalue weighted by atomic mass is 10.1. The molecule has 6 nitrogen and oxygen atoms in total. The van der Waals surface area contributed by atoms with Crippen molar-refractivity contribution in [3.05, 3.63) is 70.4 Å². The SMILES string of the molecule is Cc1cccc(C)c1OCc1ccc(C(=O)NCCCn2nc(C(F)(F)F)cc2C2CC2)o1. The van der Waals surface area contributed by atoms with Crippen molar-refractivity contribution in [2.24, 2.45) is 0 Å². The monoisotopic (exact) mass is 461 g/mol. The lowest BCUT2D eigenvalue weighted by Gasteiger charge is -2.10. The molecule has 1 N–H and O–H groups in total. The second-order valence-corrected chi connectivity index (χ2v) is 8.33. The van der Waals surface area contributed by atoms with Gasteiger partial charge in [0.2, 0.25) is 0 Å². The number of hydrogen-bond donors (Lipinski definition) is 1. The van der Waals surface area contributed by atoms with Gasteiger partial charge in [-0.15, -0.1) is 0 Å². The van der Waals surface area contributed by atoms with Crippen LogP contribution in [0.15, 0.2) is 40.8 Å². The van der Waals surface area contributed by atoms with E-state index >= 15 is 0 Å². The molecule has 2 aromatic heterocycles. The molecule has 33 heavy (non-hydrogen) atoms. The highest BCUT2D eigenvalue weighted by molar-refractivity contribution is 5.91. The number of carbonyl (C=O) groups excluding carboxylic acids is 1. The first kappa shape index (κ1) is 22.9. The van der Waals surface area contributed by atoms with Crippen LogP contribution in [0.1, 0.15) is 64.0 Å². The van der Waals surface area contributed by atoms with Gasteiger partial charge in [-0.2, -0.15) is 18.3 Å². The van der Waals surface area contributed by atoms with Crippen molar-refractivity contribution in [2.45, 2.75) is 58.4 Å². The predicted molar refractivity (Wildman–Crippen MR) is 115 cm³/mol. The van der Waals surface area contributed by atoms with E-state index in [1.54, 1.807) is 12.1 Å². The third-order valence-electron chi connectivity index (χ3n) is 5.58. The fourth-order valence-corrected chi connectivity index (χ4v) is 3.72. The van der Waals surface area contributed by atoms with Crippen molar-refractivity contribution < 1.29 is 27.1 Å². The number of nitrogens with zero attached hydrogens (tertiary/aromatic N) is 2. The average molecular weight is 461 g/mol. The van der Waals surface area contributed by atoms with Gasteiger partial charge in [0.25, 0.3) is 5.91 Å². The van der Waals surface area contributed by atoms with Crippen LogP contribution in [0.2, 0.25) is 0 Å². The lowest BCUT2D eigenvalue weighted by molar-refractivity contribution is -0.141. The van der Waals surface area contributed by atoms with Gasteiger partial charge in [-0.05, 0) is 62.4 Å². The number of hydrogen-bond acceptors (Lipinski definition) is 4. The van der Waals surface area contributed by atoms with Gasteiger partial charge in [-0.3, -0.25) is 9.48 Å². The van der Waals surface area contributed by atoms with Crippen LogP contribution < -0.4 is 10.1 Å². The summed E-state index contributed by atoms with van der Waals surface area (Å²) >= 11 is 0. The van der Waals surface area contributed by atoms with Crippen molar-refractivity contribution >= 4 is 5.91 Å². The molecule has 1 aromatic carbocycles. The molecule has 0 aliphatic heterocycles. The third-order valence-corrected chi connectivity index (χ3v) is 5.58. The van der Waals surface area contributed by atoms with Crippen LogP contribution in [-0.4, -0.2) is 22.2 Å². The van der Waals surface area contributed by atoms with Crippen molar-refractivity contribution in [3.63, 3.8) is 0 Å². The molecule has 1 fully saturated rings. The van der Waals surface area contributed by atoms with E-state index in [9.17, 15) is 18.0 Å². The molecule has 0 spiro atoms. The number of aromatic nitrogens is 2. The second kappa shape index (κ2) is 9.33. The van der Waals surface area contributed by atoms with E-state index in [0.717, 1.165) is 35.8 Å². The maximum absolute atomic E-state index is 13.0. The minimum Gasteiger partial charge on any atom is -0.485 e. The number of para-hydroxylation sites is 1. The molecule has 0 atom stereocenters. The summed E-state index contributed by atoms with van der Waals surface area (Å²) in [5.74, 6) is 1.24. The van der Waals surface area contributed by atoms with Gasteiger partial charge in [-0.25, -0.2) is 0 Å². The number of furan rings is 1. The number of rotatable bonds is 9.